The maximum atomic E-state index is 11.5. The second kappa shape index (κ2) is 6.35. The highest BCUT2D eigenvalue weighted by atomic mass is 32.2. The third kappa shape index (κ3) is 3.80. The van der Waals surface area contributed by atoms with Crippen LogP contribution in [-0.4, -0.2) is 34.3 Å². The molecule has 1 aliphatic rings. The standard InChI is InChI=1S/C12H12N2O4S/c15-10(6-14-11(16)8-19-12(14)17)13-18-7-9-4-2-1-3-5-9/h1-5H,6-8H2,(H,13,15). The van der Waals surface area contributed by atoms with Crippen molar-refractivity contribution in [3.05, 3.63) is 35.9 Å². The summed E-state index contributed by atoms with van der Waals surface area (Å²) in [7, 11) is 0. The first-order valence-electron chi connectivity index (χ1n) is 5.58. The molecule has 1 saturated heterocycles. The third-order valence-electron chi connectivity index (χ3n) is 2.41. The SMILES string of the molecule is O=C(CN1C(=O)CSC1=O)NOCc1ccccc1. The molecular formula is C12H12N2O4S. The maximum absolute atomic E-state index is 11.5. The minimum atomic E-state index is -0.528. The number of hydrogen-bond donors (Lipinski definition) is 1. The molecule has 0 aliphatic carbocycles. The topological polar surface area (TPSA) is 75.7 Å². The lowest BCUT2D eigenvalue weighted by Crippen LogP contribution is -2.39. The normalized spacial score (nSPS) is 14.8. The van der Waals surface area contributed by atoms with Gasteiger partial charge in [-0.2, -0.15) is 0 Å². The summed E-state index contributed by atoms with van der Waals surface area (Å²) in [4.78, 5) is 39.9. The largest absolute Gasteiger partial charge is 0.289 e. The van der Waals surface area contributed by atoms with Crippen molar-refractivity contribution in [1.82, 2.24) is 10.4 Å². The van der Waals surface area contributed by atoms with Crippen molar-refractivity contribution < 1.29 is 19.2 Å². The number of nitrogens with zero attached hydrogens (tertiary/aromatic N) is 1. The van der Waals surface area contributed by atoms with Crippen molar-refractivity contribution >= 4 is 28.8 Å². The quantitative estimate of drug-likeness (QED) is 0.812. The van der Waals surface area contributed by atoms with E-state index in [0.29, 0.717) is 0 Å². The molecule has 1 aromatic rings. The zero-order chi connectivity index (χ0) is 13.7. The van der Waals surface area contributed by atoms with E-state index >= 15 is 0 Å². The number of carbonyl (C=O) groups is 3. The molecular weight excluding hydrogens is 268 g/mol. The van der Waals surface area contributed by atoms with Crippen molar-refractivity contribution in [3.8, 4) is 0 Å². The minimum Gasteiger partial charge on any atom is -0.273 e. The zero-order valence-corrected chi connectivity index (χ0v) is 10.8. The Labute approximate surface area is 114 Å². The predicted molar refractivity (Wildman–Crippen MR) is 68.9 cm³/mol. The Morgan fingerprint density at radius 2 is 2.05 bits per heavy atom. The molecule has 1 fully saturated rings. The lowest BCUT2D eigenvalue weighted by molar-refractivity contribution is -0.138. The molecule has 1 aromatic carbocycles. The van der Waals surface area contributed by atoms with E-state index < -0.39 is 11.1 Å². The highest BCUT2D eigenvalue weighted by Gasteiger charge is 2.31. The van der Waals surface area contributed by atoms with Gasteiger partial charge in [0, 0.05) is 0 Å². The average Bonchev–Trinajstić information content (AvgIpc) is 2.72. The molecule has 3 amide bonds. The summed E-state index contributed by atoms with van der Waals surface area (Å²) < 4.78 is 0. The molecule has 0 atom stereocenters. The van der Waals surface area contributed by atoms with Crippen LogP contribution in [0, 0.1) is 0 Å². The molecule has 7 heteroatoms. The molecule has 100 valence electrons. The summed E-state index contributed by atoms with van der Waals surface area (Å²) in [5.74, 6) is -0.787. The van der Waals surface area contributed by atoms with Crippen LogP contribution in [0.1, 0.15) is 5.56 Å². The zero-order valence-electron chi connectivity index (χ0n) is 10.00. The van der Waals surface area contributed by atoms with Gasteiger partial charge < -0.3 is 0 Å². The van der Waals surface area contributed by atoms with Crippen molar-refractivity contribution in [2.45, 2.75) is 6.61 Å². The van der Waals surface area contributed by atoms with Gasteiger partial charge in [0.1, 0.15) is 6.54 Å². The van der Waals surface area contributed by atoms with Gasteiger partial charge in [-0.25, -0.2) is 5.48 Å². The molecule has 0 bridgehead atoms. The van der Waals surface area contributed by atoms with Crippen LogP contribution >= 0.6 is 11.8 Å². The summed E-state index contributed by atoms with van der Waals surface area (Å²) in [5, 5.41) is -0.400. The van der Waals surface area contributed by atoms with E-state index in [-0.39, 0.29) is 24.8 Å². The van der Waals surface area contributed by atoms with E-state index in [4.69, 9.17) is 4.84 Å². The number of hydroxylamine groups is 1. The Bertz CT molecular complexity index is 476. The average molecular weight is 280 g/mol. The number of hydrogen-bond acceptors (Lipinski definition) is 5. The highest BCUT2D eigenvalue weighted by Crippen LogP contribution is 2.17. The molecule has 0 unspecified atom stereocenters. The first kappa shape index (κ1) is 13.6. The van der Waals surface area contributed by atoms with Gasteiger partial charge in [0.25, 0.3) is 11.1 Å². The maximum Gasteiger partial charge on any atom is 0.289 e. The fraction of sp³-hybridized carbons (Fsp3) is 0.250. The second-order valence-electron chi connectivity index (χ2n) is 3.83. The van der Waals surface area contributed by atoms with E-state index in [2.05, 4.69) is 5.48 Å². The van der Waals surface area contributed by atoms with E-state index in [1.807, 2.05) is 30.3 Å². The summed E-state index contributed by atoms with van der Waals surface area (Å²) in [6.45, 7) is -0.0807. The van der Waals surface area contributed by atoms with Gasteiger partial charge in [-0.05, 0) is 5.56 Å². The molecule has 0 spiro atoms. The van der Waals surface area contributed by atoms with Crippen LogP contribution in [0.15, 0.2) is 30.3 Å². The number of amides is 3. The van der Waals surface area contributed by atoms with Crippen LogP contribution in [0.25, 0.3) is 0 Å². The Balaban J connectivity index is 1.73. The monoisotopic (exact) mass is 280 g/mol. The van der Waals surface area contributed by atoms with Gasteiger partial charge in [-0.1, -0.05) is 42.1 Å². The summed E-state index contributed by atoms with van der Waals surface area (Å²) in [5.41, 5.74) is 3.11. The van der Waals surface area contributed by atoms with E-state index in [1.165, 1.54) is 0 Å². The van der Waals surface area contributed by atoms with Crippen molar-refractivity contribution in [1.29, 1.82) is 0 Å². The number of imide groups is 1. The third-order valence-corrected chi connectivity index (χ3v) is 3.27. The molecule has 6 nitrogen and oxygen atoms in total. The molecule has 1 N–H and O–H groups in total. The first-order valence-corrected chi connectivity index (χ1v) is 6.57. The van der Waals surface area contributed by atoms with Crippen LogP contribution < -0.4 is 5.48 Å². The van der Waals surface area contributed by atoms with Crippen molar-refractivity contribution in [3.63, 3.8) is 0 Å². The molecule has 0 radical (unpaired) electrons. The Morgan fingerprint density at radius 1 is 1.32 bits per heavy atom. The Hall–Kier alpha value is -1.86. The highest BCUT2D eigenvalue weighted by molar-refractivity contribution is 8.14. The molecule has 2 rings (SSSR count). The van der Waals surface area contributed by atoms with E-state index in [0.717, 1.165) is 22.2 Å². The van der Waals surface area contributed by atoms with Gasteiger partial charge in [-0.3, -0.25) is 24.1 Å². The fourth-order valence-corrected chi connectivity index (χ4v) is 2.21. The smallest absolute Gasteiger partial charge is 0.273 e. The molecule has 1 heterocycles. The number of carbonyl (C=O) groups excluding carboxylic acids is 3. The van der Waals surface area contributed by atoms with Crippen LogP contribution in [0.2, 0.25) is 0 Å². The van der Waals surface area contributed by atoms with Crippen LogP contribution in [-0.2, 0) is 21.0 Å². The first-order chi connectivity index (χ1) is 9.16. The fourth-order valence-electron chi connectivity index (χ4n) is 1.48. The second-order valence-corrected chi connectivity index (χ2v) is 4.76. The molecule has 19 heavy (non-hydrogen) atoms. The summed E-state index contributed by atoms with van der Waals surface area (Å²) in [6.07, 6.45) is 0. The lowest BCUT2D eigenvalue weighted by Gasteiger charge is -2.12. The van der Waals surface area contributed by atoms with Crippen LogP contribution in [0.4, 0.5) is 4.79 Å². The van der Waals surface area contributed by atoms with Crippen molar-refractivity contribution in [2.75, 3.05) is 12.3 Å². The molecule has 1 aliphatic heterocycles. The number of rotatable bonds is 5. The van der Waals surface area contributed by atoms with E-state index in [9.17, 15) is 14.4 Å². The molecule has 0 saturated carbocycles. The predicted octanol–water partition coefficient (Wildman–Crippen LogP) is 0.930. The van der Waals surface area contributed by atoms with Gasteiger partial charge >= 0.3 is 0 Å². The molecule has 0 aromatic heterocycles. The van der Waals surface area contributed by atoms with Gasteiger partial charge in [0.15, 0.2) is 0 Å². The number of benzene rings is 1. The number of nitrogens with one attached hydrogen (secondary N) is 1. The Kier molecular flexibility index (Phi) is 4.53. The van der Waals surface area contributed by atoms with Gasteiger partial charge in [-0.15, -0.1) is 0 Å². The van der Waals surface area contributed by atoms with Crippen molar-refractivity contribution in [2.24, 2.45) is 0 Å². The van der Waals surface area contributed by atoms with Crippen LogP contribution in [0.5, 0.6) is 0 Å². The van der Waals surface area contributed by atoms with Crippen LogP contribution in [0.3, 0.4) is 0 Å². The van der Waals surface area contributed by atoms with Gasteiger partial charge in [0.05, 0.1) is 12.4 Å². The summed E-state index contributed by atoms with van der Waals surface area (Å²) in [6, 6.07) is 9.32. The number of thioether (sulfide) groups is 1. The summed E-state index contributed by atoms with van der Waals surface area (Å²) >= 11 is 0.893. The Morgan fingerprint density at radius 3 is 2.68 bits per heavy atom. The van der Waals surface area contributed by atoms with Gasteiger partial charge in [0.2, 0.25) is 5.91 Å². The minimum absolute atomic E-state index is 0.0942. The van der Waals surface area contributed by atoms with E-state index in [1.54, 1.807) is 0 Å². The lowest BCUT2D eigenvalue weighted by atomic mass is 10.2.